The summed E-state index contributed by atoms with van der Waals surface area (Å²) in [5, 5.41) is 3.12. The summed E-state index contributed by atoms with van der Waals surface area (Å²) in [6.45, 7) is 7.46. The lowest BCUT2D eigenvalue weighted by atomic mass is 9.99. The quantitative estimate of drug-likeness (QED) is 0.426. The van der Waals surface area contributed by atoms with E-state index in [1.807, 2.05) is 24.3 Å². The molecule has 0 saturated carbocycles. The van der Waals surface area contributed by atoms with Crippen molar-refractivity contribution in [3.63, 3.8) is 0 Å². The van der Waals surface area contributed by atoms with Crippen LogP contribution in [0.25, 0.3) is 0 Å². The molecule has 1 saturated heterocycles. The number of piperidine rings is 1. The van der Waals surface area contributed by atoms with Crippen molar-refractivity contribution in [3.05, 3.63) is 24.3 Å². The third-order valence-electron chi connectivity index (χ3n) is 4.22. The number of halogens is 1. The highest BCUT2D eigenvalue weighted by atomic mass is 127. The van der Waals surface area contributed by atoms with E-state index >= 15 is 0 Å². The molecule has 5 nitrogen and oxygen atoms in total. The van der Waals surface area contributed by atoms with Crippen LogP contribution in [-0.4, -0.2) is 43.1 Å². The minimum atomic E-state index is 0. The maximum Gasteiger partial charge on any atom is 0.193 e. The molecule has 0 atom stereocenters. The van der Waals surface area contributed by atoms with Crippen LogP contribution in [0.2, 0.25) is 0 Å². The van der Waals surface area contributed by atoms with E-state index in [4.69, 9.17) is 10.5 Å². The van der Waals surface area contributed by atoms with Crippen molar-refractivity contribution < 1.29 is 4.74 Å². The van der Waals surface area contributed by atoms with Crippen LogP contribution in [0.4, 0.5) is 5.69 Å². The Morgan fingerprint density at radius 1 is 1.26 bits per heavy atom. The second-order valence-electron chi connectivity index (χ2n) is 6.39. The number of aliphatic imine (C=N–C) groups is 1. The number of para-hydroxylation sites is 2. The molecule has 0 spiro atoms. The van der Waals surface area contributed by atoms with Crippen molar-refractivity contribution in [2.24, 2.45) is 10.7 Å². The van der Waals surface area contributed by atoms with Gasteiger partial charge in [0, 0.05) is 5.54 Å². The van der Waals surface area contributed by atoms with Crippen LogP contribution in [0, 0.1) is 0 Å². The molecule has 0 radical (unpaired) electrons. The minimum Gasteiger partial charge on any atom is -0.495 e. The van der Waals surface area contributed by atoms with E-state index in [0.29, 0.717) is 12.5 Å². The molecule has 2 rings (SSSR count). The fourth-order valence-corrected chi connectivity index (χ4v) is 2.80. The van der Waals surface area contributed by atoms with E-state index in [0.717, 1.165) is 24.5 Å². The molecule has 130 valence electrons. The van der Waals surface area contributed by atoms with Crippen molar-refractivity contribution in [2.45, 2.75) is 38.6 Å². The van der Waals surface area contributed by atoms with E-state index in [1.54, 1.807) is 7.11 Å². The molecule has 1 aromatic carbocycles. The molecule has 0 aliphatic carbocycles. The number of methoxy groups -OCH3 is 1. The molecule has 1 aliphatic heterocycles. The minimum absolute atomic E-state index is 0. The van der Waals surface area contributed by atoms with Crippen LogP contribution >= 0.6 is 24.0 Å². The molecule has 1 aromatic rings. The van der Waals surface area contributed by atoms with Gasteiger partial charge in [-0.25, -0.2) is 0 Å². The van der Waals surface area contributed by atoms with Crippen LogP contribution in [-0.2, 0) is 0 Å². The summed E-state index contributed by atoms with van der Waals surface area (Å²) < 4.78 is 5.31. The monoisotopic (exact) mass is 432 g/mol. The molecule has 0 aromatic heterocycles. The molecular formula is C17H29IN4O. The van der Waals surface area contributed by atoms with Gasteiger partial charge in [-0.05, 0) is 51.9 Å². The highest BCUT2D eigenvalue weighted by Gasteiger charge is 2.27. The van der Waals surface area contributed by atoms with Gasteiger partial charge in [-0.15, -0.1) is 24.0 Å². The Hall–Kier alpha value is -1.02. The summed E-state index contributed by atoms with van der Waals surface area (Å²) in [4.78, 5) is 7.04. The number of nitrogens with one attached hydrogen (secondary N) is 1. The number of nitrogens with zero attached hydrogens (tertiary/aromatic N) is 2. The Bertz CT molecular complexity index is 513. The molecular weight excluding hydrogens is 403 g/mol. The van der Waals surface area contributed by atoms with Gasteiger partial charge < -0.3 is 15.8 Å². The normalized spacial score (nSPS) is 16.6. The summed E-state index contributed by atoms with van der Waals surface area (Å²) in [5.74, 6) is 1.19. The zero-order chi connectivity index (χ0) is 16.0. The fraction of sp³-hybridized carbons (Fsp3) is 0.588. The number of nitrogens with two attached hydrogens (primary N) is 1. The van der Waals surface area contributed by atoms with Gasteiger partial charge >= 0.3 is 0 Å². The first-order valence-corrected chi connectivity index (χ1v) is 7.98. The summed E-state index contributed by atoms with van der Waals surface area (Å²) in [6, 6.07) is 7.69. The smallest absolute Gasteiger partial charge is 0.193 e. The SMILES string of the molecule is COc1ccccc1NC(N)=NCC(C)(C)N1CCCCC1.I. The van der Waals surface area contributed by atoms with Gasteiger partial charge in [-0.3, -0.25) is 9.89 Å². The van der Waals surface area contributed by atoms with Gasteiger partial charge in [0.25, 0.3) is 0 Å². The van der Waals surface area contributed by atoms with Crippen molar-refractivity contribution in [3.8, 4) is 5.75 Å². The fourth-order valence-electron chi connectivity index (χ4n) is 2.80. The standard InChI is InChI=1S/C17H28N4O.HI/c1-17(2,21-11-7-4-8-12-21)13-19-16(18)20-14-9-5-6-10-15(14)22-3;/h5-6,9-10H,4,7-8,11-13H2,1-3H3,(H3,18,19,20);1H. The van der Waals surface area contributed by atoms with E-state index in [-0.39, 0.29) is 29.5 Å². The van der Waals surface area contributed by atoms with Crippen molar-refractivity contribution >= 4 is 35.6 Å². The van der Waals surface area contributed by atoms with E-state index < -0.39 is 0 Å². The molecule has 6 heteroatoms. The third-order valence-corrected chi connectivity index (χ3v) is 4.22. The van der Waals surface area contributed by atoms with Crippen LogP contribution in [0.3, 0.4) is 0 Å². The van der Waals surface area contributed by atoms with Crippen LogP contribution in [0.5, 0.6) is 5.75 Å². The van der Waals surface area contributed by atoms with E-state index in [9.17, 15) is 0 Å². The average molecular weight is 432 g/mol. The Kier molecular flexibility index (Phi) is 8.11. The number of likely N-dealkylation sites (tertiary alicyclic amines) is 1. The number of benzene rings is 1. The second kappa shape index (κ2) is 9.32. The first kappa shape index (κ1) is 20.0. The number of ether oxygens (including phenoxy) is 1. The largest absolute Gasteiger partial charge is 0.495 e. The van der Waals surface area contributed by atoms with E-state index in [1.165, 1.54) is 19.3 Å². The molecule has 1 heterocycles. The predicted octanol–water partition coefficient (Wildman–Crippen LogP) is 3.30. The van der Waals surface area contributed by atoms with E-state index in [2.05, 4.69) is 29.1 Å². The maximum atomic E-state index is 6.03. The van der Waals surface area contributed by atoms with Gasteiger partial charge in [-0.1, -0.05) is 18.6 Å². The molecule has 0 unspecified atom stereocenters. The summed E-state index contributed by atoms with van der Waals surface area (Å²) >= 11 is 0. The summed E-state index contributed by atoms with van der Waals surface area (Å²) in [6.07, 6.45) is 3.90. The van der Waals surface area contributed by atoms with Gasteiger partial charge in [0.15, 0.2) is 5.96 Å². The molecule has 1 aliphatic rings. The number of rotatable bonds is 5. The lowest BCUT2D eigenvalue weighted by Gasteiger charge is -2.40. The lowest BCUT2D eigenvalue weighted by molar-refractivity contribution is 0.102. The van der Waals surface area contributed by atoms with Gasteiger partial charge in [0.05, 0.1) is 19.3 Å². The first-order chi connectivity index (χ1) is 10.5. The third kappa shape index (κ3) is 5.84. The number of guanidine groups is 1. The Balaban J connectivity index is 0.00000264. The zero-order valence-electron chi connectivity index (χ0n) is 14.3. The molecule has 1 fully saturated rings. The number of hydrogen-bond acceptors (Lipinski definition) is 3. The molecule has 0 amide bonds. The molecule has 0 bridgehead atoms. The van der Waals surface area contributed by atoms with Gasteiger partial charge in [0.1, 0.15) is 5.75 Å². The van der Waals surface area contributed by atoms with Crippen LogP contribution in [0.15, 0.2) is 29.3 Å². The molecule has 23 heavy (non-hydrogen) atoms. The number of hydrogen-bond donors (Lipinski definition) is 2. The van der Waals surface area contributed by atoms with Crippen molar-refractivity contribution in [1.29, 1.82) is 0 Å². The molecule has 3 N–H and O–H groups in total. The number of anilines is 1. The van der Waals surface area contributed by atoms with Crippen LogP contribution in [0.1, 0.15) is 33.1 Å². The van der Waals surface area contributed by atoms with Crippen molar-refractivity contribution in [1.82, 2.24) is 4.90 Å². The summed E-state index contributed by atoms with van der Waals surface area (Å²) in [5.41, 5.74) is 6.90. The lowest BCUT2D eigenvalue weighted by Crippen LogP contribution is -2.49. The first-order valence-electron chi connectivity index (χ1n) is 7.98. The van der Waals surface area contributed by atoms with Crippen molar-refractivity contribution in [2.75, 3.05) is 32.1 Å². The van der Waals surface area contributed by atoms with Gasteiger partial charge in [-0.2, -0.15) is 0 Å². The van der Waals surface area contributed by atoms with Gasteiger partial charge in [0.2, 0.25) is 0 Å². The maximum absolute atomic E-state index is 6.03. The van der Waals surface area contributed by atoms with Crippen LogP contribution < -0.4 is 15.8 Å². The second-order valence-corrected chi connectivity index (χ2v) is 6.39. The predicted molar refractivity (Wildman–Crippen MR) is 108 cm³/mol. The average Bonchev–Trinajstić information content (AvgIpc) is 2.54. The Morgan fingerprint density at radius 2 is 1.91 bits per heavy atom. The highest BCUT2D eigenvalue weighted by Crippen LogP contribution is 2.23. The highest BCUT2D eigenvalue weighted by molar-refractivity contribution is 14.0. The Morgan fingerprint density at radius 3 is 2.57 bits per heavy atom. The summed E-state index contributed by atoms with van der Waals surface area (Å²) in [7, 11) is 1.65. The zero-order valence-corrected chi connectivity index (χ0v) is 16.7. The topological polar surface area (TPSA) is 62.9 Å². The Labute approximate surface area is 156 Å².